The average Bonchev–Trinajstić information content (AvgIpc) is 2.62. The molecule has 1 saturated carbocycles. The van der Waals surface area contributed by atoms with Crippen molar-refractivity contribution in [3.63, 3.8) is 0 Å². The van der Waals surface area contributed by atoms with Gasteiger partial charge in [-0.2, -0.15) is 5.26 Å². The molecule has 0 bridgehead atoms. The molecular formula is C19H18N4O2. The number of amides is 2. The minimum atomic E-state index is -0.678. The molecule has 3 rings (SSSR count). The molecule has 1 aliphatic carbocycles. The van der Waals surface area contributed by atoms with Gasteiger partial charge in [0.15, 0.2) is 0 Å². The van der Waals surface area contributed by atoms with Crippen LogP contribution in [0.3, 0.4) is 0 Å². The van der Waals surface area contributed by atoms with E-state index in [0.29, 0.717) is 29.8 Å². The molecule has 1 N–H and O–H groups in total. The summed E-state index contributed by atoms with van der Waals surface area (Å²) in [6.07, 6.45) is 3.94. The van der Waals surface area contributed by atoms with Crippen molar-refractivity contribution in [2.75, 3.05) is 12.4 Å². The zero-order chi connectivity index (χ0) is 17.9. The number of hydrogen-bond donors (Lipinski definition) is 1. The van der Waals surface area contributed by atoms with Crippen molar-refractivity contribution in [1.82, 2.24) is 9.88 Å². The van der Waals surface area contributed by atoms with E-state index >= 15 is 0 Å². The van der Waals surface area contributed by atoms with Gasteiger partial charge in [-0.1, -0.05) is 6.07 Å². The smallest absolute Gasteiger partial charge is 0.274 e. The maximum Gasteiger partial charge on any atom is 0.274 e. The van der Waals surface area contributed by atoms with Crippen LogP contribution in [0.5, 0.6) is 0 Å². The third-order valence-corrected chi connectivity index (χ3v) is 4.62. The van der Waals surface area contributed by atoms with Crippen molar-refractivity contribution in [3.05, 3.63) is 59.9 Å². The van der Waals surface area contributed by atoms with Crippen LogP contribution in [0.15, 0.2) is 48.7 Å². The number of hydrogen-bond acceptors (Lipinski definition) is 4. The minimum absolute atomic E-state index is 0.191. The van der Waals surface area contributed by atoms with Crippen molar-refractivity contribution < 1.29 is 9.59 Å². The average molecular weight is 334 g/mol. The van der Waals surface area contributed by atoms with E-state index in [4.69, 9.17) is 0 Å². The molecule has 1 heterocycles. The van der Waals surface area contributed by atoms with Gasteiger partial charge in [0.25, 0.3) is 11.8 Å². The monoisotopic (exact) mass is 334 g/mol. The molecule has 2 amide bonds. The highest BCUT2D eigenvalue weighted by Gasteiger charge is 2.43. The summed E-state index contributed by atoms with van der Waals surface area (Å²) in [4.78, 5) is 30.2. The highest BCUT2D eigenvalue weighted by Crippen LogP contribution is 2.37. The SMILES string of the molecule is CN(C(=O)c1ccc(NC(=O)c2ccccn2)cc1)C1(C#N)CCC1. The second-order valence-electron chi connectivity index (χ2n) is 6.11. The minimum Gasteiger partial charge on any atom is -0.323 e. The normalized spacial score (nSPS) is 14.7. The molecule has 6 heteroatoms. The van der Waals surface area contributed by atoms with Gasteiger partial charge in [-0.3, -0.25) is 14.6 Å². The van der Waals surface area contributed by atoms with Crippen LogP contribution in [0, 0.1) is 11.3 Å². The van der Waals surface area contributed by atoms with Crippen LogP contribution in [0.1, 0.15) is 40.1 Å². The van der Waals surface area contributed by atoms with Crippen LogP contribution >= 0.6 is 0 Å². The number of rotatable bonds is 4. The van der Waals surface area contributed by atoms with Gasteiger partial charge >= 0.3 is 0 Å². The Bertz CT molecular complexity index is 821. The number of nitriles is 1. The van der Waals surface area contributed by atoms with E-state index in [1.165, 1.54) is 4.90 Å². The first-order valence-corrected chi connectivity index (χ1v) is 8.08. The van der Waals surface area contributed by atoms with Gasteiger partial charge in [-0.25, -0.2) is 0 Å². The Labute approximate surface area is 146 Å². The number of nitrogens with one attached hydrogen (secondary N) is 1. The zero-order valence-electron chi connectivity index (χ0n) is 13.9. The molecule has 6 nitrogen and oxygen atoms in total. The van der Waals surface area contributed by atoms with Crippen molar-refractivity contribution >= 4 is 17.5 Å². The lowest BCUT2D eigenvalue weighted by atomic mass is 9.76. The topological polar surface area (TPSA) is 86.1 Å². The number of benzene rings is 1. The molecule has 1 aromatic heterocycles. The second kappa shape index (κ2) is 6.73. The molecule has 0 radical (unpaired) electrons. The summed E-state index contributed by atoms with van der Waals surface area (Å²) < 4.78 is 0. The van der Waals surface area contributed by atoms with Crippen molar-refractivity contribution in [3.8, 4) is 6.07 Å². The van der Waals surface area contributed by atoms with Gasteiger partial charge in [-0.15, -0.1) is 0 Å². The molecule has 0 aliphatic heterocycles. The quantitative estimate of drug-likeness (QED) is 0.931. The molecule has 0 spiro atoms. The Balaban J connectivity index is 1.69. The van der Waals surface area contributed by atoms with Crippen molar-refractivity contribution in [2.24, 2.45) is 0 Å². The number of anilines is 1. The molecule has 0 saturated heterocycles. The first kappa shape index (κ1) is 16.7. The van der Waals surface area contributed by atoms with Gasteiger partial charge in [0.05, 0.1) is 6.07 Å². The summed E-state index contributed by atoms with van der Waals surface area (Å²) in [7, 11) is 1.67. The van der Waals surface area contributed by atoms with E-state index in [0.717, 1.165) is 6.42 Å². The summed E-state index contributed by atoms with van der Waals surface area (Å²) in [5, 5.41) is 12.1. The predicted molar refractivity (Wildman–Crippen MR) is 92.9 cm³/mol. The number of carbonyl (C=O) groups is 2. The lowest BCUT2D eigenvalue weighted by molar-refractivity contribution is 0.0497. The van der Waals surface area contributed by atoms with Gasteiger partial charge in [0.1, 0.15) is 11.2 Å². The van der Waals surface area contributed by atoms with E-state index < -0.39 is 5.54 Å². The van der Waals surface area contributed by atoms with Crippen LogP contribution < -0.4 is 5.32 Å². The Morgan fingerprint density at radius 3 is 2.44 bits per heavy atom. The lowest BCUT2D eigenvalue weighted by Gasteiger charge is -2.42. The van der Waals surface area contributed by atoms with Gasteiger partial charge in [-0.05, 0) is 55.7 Å². The molecule has 0 atom stereocenters. The Morgan fingerprint density at radius 2 is 1.92 bits per heavy atom. The highest BCUT2D eigenvalue weighted by molar-refractivity contribution is 6.03. The van der Waals surface area contributed by atoms with Gasteiger partial charge < -0.3 is 10.2 Å². The maximum atomic E-state index is 12.6. The van der Waals surface area contributed by atoms with Gasteiger partial charge in [0, 0.05) is 24.5 Å². The van der Waals surface area contributed by atoms with E-state index in [2.05, 4.69) is 16.4 Å². The third kappa shape index (κ3) is 3.22. The zero-order valence-corrected chi connectivity index (χ0v) is 13.9. The van der Waals surface area contributed by atoms with E-state index in [9.17, 15) is 14.9 Å². The van der Waals surface area contributed by atoms with E-state index in [-0.39, 0.29) is 11.8 Å². The second-order valence-corrected chi connectivity index (χ2v) is 6.11. The summed E-state index contributed by atoms with van der Waals surface area (Å²) in [5.41, 5.74) is 0.708. The standard InChI is InChI=1S/C19H18N4O2/c1-23(19(13-20)10-4-11-19)18(25)14-6-8-15(9-7-14)22-17(24)16-5-2-3-12-21-16/h2-3,5-9,12H,4,10-11H2,1H3,(H,22,24). The third-order valence-electron chi connectivity index (χ3n) is 4.62. The Morgan fingerprint density at radius 1 is 1.20 bits per heavy atom. The van der Waals surface area contributed by atoms with Crippen LogP contribution in [0.25, 0.3) is 0 Å². The first-order chi connectivity index (χ1) is 12.1. The fourth-order valence-corrected chi connectivity index (χ4v) is 2.81. The fourth-order valence-electron chi connectivity index (χ4n) is 2.81. The van der Waals surface area contributed by atoms with Crippen LogP contribution in [0.2, 0.25) is 0 Å². The first-order valence-electron chi connectivity index (χ1n) is 8.08. The lowest BCUT2D eigenvalue weighted by Crippen LogP contribution is -2.53. The molecule has 2 aromatic rings. The van der Waals surface area contributed by atoms with E-state index in [1.807, 2.05) is 0 Å². The Hall–Kier alpha value is -3.20. The summed E-state index contributed by atoms with van der Waals surface area (Å²) >= 11 is 0. The molecule has 25 heavy (non-hydrogen) atoms. The maximum absolute atomic E-state index is 12.6. The van der Waals surface area contributed by atoms with Crippen molar-refractivity contribution in [2.45, 2.75) is 24.8 Å². The molecule has 1 aliphatic rings. The molecular weight excluding hydrogens is 316 g/mol. The van der Waals surface area contributed by atoms with Gasteiger partial charge in [0.2, 0.25) is 0 Å². The summed E-state index contributed by atoms with van der Waals surface area (Å²) in [6, 6.07) is 14.0. The number of carbonyl (C=O) groups excluding carboxylic acids is 2. The Kier molecular flexibility index (Phi) is 4.48. The van der Waals surface area contributed by atoms with E-state index in [1.54, 1.807) is 55.7 Å². The molecule has 1 fully saturated rings. The molecule has 1 aromatic carbocycles. The van der Waals surface area contributed by atoms with Crippen LogP contribution in [0.4, 0.5) is 5.69 Å². The van der Waals surface area contributed by atoms with Crippen LogP contribution in [-0.4, -0.2) is 34.3 Å². The highest BCUT2D eigenvalue weighted by atomic mass is 16.2. The number of aromatic nitrogens is 1. The van der Waals surface area contributed by atoms with Crippen LogP contribution in [-0.2, 0) is 0 Å². The fraction of sp³-hybridized carbons (Fsp3) is 0.263. The largest absolute Gasteiger partial charge is 0.323 e. The number of pyridine rings is 1. The molecule has 126 valence electrons. The van der Waals surface area contributed by atoms with Crippen molar-refractivity contribution in [1.29, 1.82) is 5.26 Å². The molecule has 0 unspecified atom stereocenters. The summed E-state index contributed by atoms with van der Waals surface area (Å²) in [5.74, 6) is -0.501. The summed E-state index contributed by atoms with van der Waals surface area (Å²) in [6.45, 7) is 0. The number of nitrogens with zero attached hydrogens (tertiary/aromatic N) is 3. The predicted octanol–water partition coefficient (Wildman–Crippen LogP) is 2.85.